The van der Waals surface area contributed by atoms with Crippen molar-refractivity contribution in [3.63, 3.8) is 0 Å². The Kier molecular flexibility index (Phi) is 7.03. The Morgan fingerprint density at radius 3 is 2.54 bits per heavy atom. The summed E-state index contributed by atoms with van der Waals surface area (Å²) in [7, 11) is 0. The summed E-state index contributed by atoms with van der Waals surface area (Å²) in [5.41, 5.74) is 4.78. The van der Waals surface area contributed by atoms with Gasteiger partial charge in [0, 0.05) is 34.6 Å². The lowest BCUT2D eigenvalue weighted by Crippen LogP contribution is -2.19. The highest BCUT2D eigenvalue weighted by Gasteiger charge is 2.13. The lowest BCUT2D eigenvalue weighted by Gasteiger charge is -2.13. The van der Waals surface area contributed by atoms with Gasteiger partial charge < -0.3 is 16.0 Å². The molecule has 0 unspecified atom stereocenters. The number of amides is 2. The van der Waals surface area contributed by atoms with Gasteiger partial charge >= 0.3 is 6.03 Å². The number of nitriles is 1. The zero-order chi connectivity index (χ0) is 25.8. The molecule has 0 spiro atoms. The molecule has 0 aliphatic rings. The lowest BCUT2D eigenvalue weighted by molar-refractivity contribution is 0.262. The quantitative estimate of drug-likeness (QED) is 0.204. The molecule has 8 nitrogen and oxygen atoms in total. The van der Waals surface area contributed by atoms with Crippen molar-refractivity contribution in [3.05, 3.63) is 106 Å². The zero-order valence-electron chi connectivity index (χ0n) is 19.2. The molecular weight excluding hydrogens is 554 g/mol. The molecule has 0 saturated heterocycles. The molecule has 0 aliphatic heterocycles. The Bertz CT molecular complexity index is 1660. The molecule has 0 radical (unpaired) electrons. The second kappa shape index (κ2) is 10.7. The van der Waals surface area contributed by atoms with Crippen molar-refractivity contribution >= 4 is 56.4 Å². The summed E-state index contributed by atoms with van der Waals surface area (Å²) >= 11 is 9.94. The molecule has 3 aromatic carbocycles. The summed E-state index contributed by atoms with van der Waals surface area (Å²) in [5, 5.41) is 23.1. The summed E-state index contributed by atoms with van der Waals surface area (Å²) in [4.78, 5) is 17.2. The van der Waals surface area contributed by atoms with Gasteiger partial charge in [0.15, 0.2) is 5.65 Å². The number of benzene rings is 3. The number of rotatable bonds is 6. The van der Waals surface area contributed by atoms with Crippen molar-refractivity contribution in [3.8, 4) is 17.3 Å². The summed E-state index contributed by atoms with van der Waals surface area (Å²) in [5.74, 6) is 0.735. The minimum Gasteiger partial charge on any atom is -0.366 e. The first-order chi connectivity index (χ1) is 18.0. The van der Waals surface area contributed by atoms with Crippen molar-refractivity contribution < 1.29 is 4.79 Å². The molecule has 5 rings (SSSR count). The molecule has 0 bridgehead atoms. The average Bonchev–Trinajstić information content (AvgIpc) is 3.28. The number of fused-ring (bicyclic) bond motifs is 1. The highest BCUT2D eigenvalue weighted by molar-refractivity contribution is 9.10. The van der Waals surface area contributed by atoms with E-state index in [1.165, 1.54) is 0 Å². The first-order valence-corrected chi connectivity index (χ1v) is 12.4. The Balaban J connectivity index is 1.33. The zero-order valence-corrected chi connectivity index (χ0v) is 21.6. The maximum absolute atomic E-state index is 12.5. The van der Waals surface area contributed by atoms with Crippen LogP contribution >= 0.6 is 27.5 Å². The number of halogens is 2. The van der Waals surface area contributed by atoms with E-state index in [-0.39, 0.29) is 0 Å². The van der Waals surface area contributed by atoms with Crippen molar-refractivity contribution in [1.29, 1.82) is 5.26 Å². The third-order valence-electron chi connectivity index (χ3n) is 5.49. The fraction of sp³-hybridized carbons (Fsp3) is 0.0370. The van der Waals surface area contributed by atoms with Crippen LogP contribution in [-0.4, -0.2) is 20.6 Å². The predicted octanol–water partition coefficient (Wildman–Crippen LogP) is 6.94. The van der Waals surface area contributed by atoms with Crippen molar-refractivity contribution in [1.82, 2.24) is 14.6 Å². The largest absolute Gasteiger partial charge is 0.366 e. The topological polar surface area (TPSA) is 107 Å². The second-order valence-corrected chi connectivity index (χ2v) is 9.32. The lowest BCUT2D eigenvalue weighted by atomic mass is 10.1. The Morgan fingerprint density at radius 2 is 1.76 bits per heavy atom. The van der Waals surface area contributed by atoms with Crippen LogP contribution in [0.2, 0.25) is 5.02 Å². The monoisotopic (exact) mass is 571 g/mol. The van der Waals surface area contributed by atoms with Gasteiger partial charge in [-0.05, 0) is 57.9 Å². The van der Waals surface area contributed by atoms with Crippen LogP contribution in [0.5, 0.6) is 0 Å². The molecule has 0 atom stereocenters. The highest BCUT2D eigenvalue weighted by atomic mass is 79.9. The molecule has 2 heterocycles. The van der Waals surface area contributed by atoms with E-state index in [0.717, 1.165) is 21.4 Å². The number of nitrogens with zero attached hydrogens (tertiary/aromatic N) is 4. The number of anilines is 3. The van der Waals surface area contributed by atoms with E-state index in [2.05, 4.69) is 43.0 Å². The van der Waals surface area contributed by atoms with E-state index >= 15 is 0 Å². The molecule has 0 saturated carbocycles. The maximum atomic E-state index is 12.5. The third-order valence-corrected chi connectivity index (χ3v) is 6.38. The minimum absolute atomic E-state index is 0.401. The molecule has 182 valence electrons. The summed E-state index contributed by atoms with van der Waals surface area (Å²) in [6.07, 6.45) is 1.69. The van der Waals surface area contributed by atoms with Gasteiger partial charge in [-0.3, -0.25) is 0 Å². The summed E-state index contributed by atoms with van der Waals surface area (Å²) in [6.45, 7) is 0.472. The number of carbonyl (C=O) groups excluding carboxylic acids is 1. The van der Waals surface area contributed by atoms with E-state index in [1.807, 2.05) is 48.5 Å². The number of hydrogen-bond donors (Lipinski definition) is 3. The van der Waals surface area contributed by atoms with E-state index < -0.39 is 6.03 Å². The molecular formula is C27H19BrClN7O. The average molecular weight is 573 g/mol. The molecule has 10 heteroatoms. The van der Waals surface area contributed by atoms with Gasteiger partial charge in [0.05, 0.1) is 28.0 Å². The number of carbonyl (C=O) groups is 1. The van der Waals surface area contributed by atoms with Crippen molar-refractivity contribution in [2.75, 3.05) is 16.0 Å². The Labute approximate surface area is 226 Å². The second-order valence-electron chi connectivity index (χ2n) is 8.06. The molecule has 0 aliphatic carbocycles. The van der Waals surface area contributed by atoms with Gasteiger partial charge in [0.2, 0.25) is 0 Å². The number of hydrogen-bond acceptors (Lipinski definition) is 5. The Hall–Kier alpha value is -4.39. The SMILES string of the molecule is N#Cc1cccc(NC(=O)Nc2cccc(CNc3cc(-c4ccccc4Cl)nc4c(Br)cnn34)c2)c1. The molecule has 3 N–H and O–H groups in total. The molecule has 2 amide bonds. The van der Waals surface area contributed by atoms with Crippen LogP contribution in [0.15, 0.2) is 89.5 Å². The molecule has 37 heavy (non-hydrogen) atoms. The minimum atomic E-state index is -0.401. The van der Waals surface area contributed by atoms with Gasteiger partial charge in [0.1, 0.15) is 5.82 Å². The maximum Gasteiger partial charge on any atom is 0.323 e. The van der Waals surface area contributed by atoms with E-state index in [9.17, 15) is 4.79 Å². The smallest absolute Gasteiger partial charge is 0.323 e. The first kappa shape index (κ1) is 24.3. The van der Waals surface area contributed by atoms with Crippen LogP contribution in [0.25, 0.3) is 16.9 Å². The van der Waals surface area contributed by atoms with Gasteiger partial charge in [-0.25, -0.2) is 9.78 Å². The van der Waals surface area contributed by atoms with Crippen LogP contribution in [0, 0.1) is 11.3 Å². The number of nitrogens with one attached hydrogen (secondary N) is 3. The van der Waals surface area contributed by atoms with Crippen LogP contribution in [0.3, 0.4) is 0 Å². The van der Waals surface area contributed by atoms with Crippen molar-refractivity contribution in [2.24, 2.45) is 0 Å². The normalized spacial score (nSPS) is 10.6. The molecule has 2 aromatic heterocycles. The highest BCUT2D eigenvalue weighted by Crippen LogP contribution is 2.30. The standard InChI is InChI=1S/C27H19BrClN7O/c28-22-16-32-36-25(13-24(35-26(22)36)21-9-1-2-10-23(21)29)31-15-18-6-4-8-20(12-18)34-27(37)33-19-7-3-5-17(11-19)14-30/h1-13,16,31H,15H2,(H2,33,34,37). The van der Waals surface area contributed by atoms with E-state index in [4.69, 9.17) is 21.8 Å². The van der Waals surface area contributed by atoms with Gasteiger partial charge in [-0.2, -0.15) is 14.9 Å². The van der Waals surface area contributed by atoms with Gasteiger partial charge in [-0.1, -0.05) is 48.0 Å². The van der Waals surface area contributed by atoms with Gasteiger partial charge in [-0.15, -0.1) is 0 Å². The number of urea groups is 1. The van der Waals surface area contributed by atoms with Crippen molar-refractivity contribution in [2.45, 2.75) is 6.54 Å². The van der Waals surface area contributed by atoms with E-state index in [0.29, 0.717) is 39.8 Å². The van der Waals surface area contributed by atoms with Crippen LogP contribution in [0.4, 0.5) is 22.0 Å². The Morgan fingerprint density at radius 1 is 1.00 bits per heavy atom. The summed E-state index contributed by atoms with van der Waals surface area (Å²) < 4.78 is 2.48. The van der Waals surface area contributed by atoms with Crippen LogP contribution < -0.4 is 16.0 Å². The van der Waals surface area contributed by atoms with Crippen LogP contribution in [0.1, 0.15) is 11.1 Å². The third kappa shape index (κ3) is 5.56. The van der Waals surface area contributed by atoms with Gasteiger partial charge in [0.25, 0.3) is 0 Å². The first-order valence-electron chi connectivity index (χ1n) is 11.2. The van der Waals surface area contributed by atoms with E-state index in [1.54, 1.807) is 41.0 Å². The predicted molar refractivity (Wildman–Crippen MR) is 149 cm³/mol. The number of aromatic nitrogens is 3. The fourth-order valence-electron chi connectivity index (χ4n) is 3.78. The fourth-order valence-corrected chi connectivity index (χ4v) is 4.36. The van der Waals surface area contributed by atoms with Crippen LogP contribution in [-0.2, 0) is 6.54 Å². The summed E-state index contributed by atoms with van der Waals surface area (Å²) in [6, 6.07) is 25.3. The molecule has 5 aromatic rings. The molecule has 0 fully saturated rings.